The van der Waals surface area contributed by atoms with Crippen LogP contribution in [0.5, 0.6) is 0 Å². The van der Waals surface area contributed by atoms with E-state index < -0.39 is 5.60 Å². The summed E-state index contributed by atoms with van der Waals surface area (Å²) in [6, 6.07) is 17.8. The second-order valence-corrected chi connectivity index (χ2v) is 8.05. The van der Waals surface area contributed by atoms with Gasteiger partial charge in [-0.1, -0.05) is 73.2 Å². The largest absolute Gasteiger partial charge is 0.376 e. The zero-order valence-electron chi connectivity index (χ0n) is 13.0. The first-order chi connectivity index (χ1) is 11.4. The Labute approximate surface area is 159 Å². The molecule has 1 aliphatic rings. The Balaban J connectivity index is 2.11. The molecule has 116 valence electrons. The van der Waals surface area contributed by atoms with E-state index in [-0.39, 0.29) is 0 Å². The Hall–Kier alpha value is -1.36. The SMILES string of the molecule is [B]c1cc(C)cc(C2(O)c3cc(Br)ccc3-c3ccc(Br)cc32)c1. The van der Waals surface area contributed by atoms with Gasteiger partial charge in [-0.2, -0.15) is 0 Å². The zero-order chi connectivity index (χ0) is 17.1. The molecule has 0 saturated heterocycles. The van der Waals surface area contributed by atoms with Crippen LogP contribution in [-0.4, -0.2) is 13.0 Å². The van der Waals surface area contributed by atoms with Crippen LogP contribution in [0, 0.1) is 6.92 Å². The number of hydrogen-bond donors (Lipinski definition) is 1. The van der Waals surface area contributed by atoms with Gasteiger partial charge >= 0.3 is 0 Å². The standard InChI is InChI=1S/C20H13BBr2O/c1-11-6-12(8-13(21)7-11)20(24)18-9-14(22)2-4-16(18)17-5-3-15(23)10-19(17)20/h2-10,24H,1H3. The fraction of sp³-hybridized carbons (Fsp3) is 0.100. The van der Waals surface area contributed by atoms with Crippen molar-refractivity contribution in [2.24, 2.45) is 0 Å². The highest BCUT2D eigenvalue weighted by molar-refractivity contribution is 9.10. The lowest BCUT2D eigenvalue weighted by atomic mass is 9.80. The van der Waals surface area contributed by atoms with E-state index in [1.807, 2.05) is 61.5 Å². The maximum absolute atomic E-state index is 11.9. The summed E-state index contributed by atoms with van der Waals surface area (Å²) < 4.78 is 1.87. The van der Waals surface area contributed by atoms with E-state index in [0.29, 0.717) is 5.46 Å². The topological polar surface area (TPSA) is 20.2 Å². The van der Waals surface area contributed by atoms with Crippen molar-refractivity contribution in [3.8, 4) is 11.1 Å². The van der Waals surface area contributed by atoms with Gasteiger partial charge in [0.2, 0.25) is 0 Å². The Bertz CT molecular complexity index is 910. The summed E-state index contributed by atoms with van der Waals surface area (Å²) in [5, 5.41) is 11.9. The second kappa shape index (κ2) is 5.58. The number of aliphatic hydroxyl groups is 1. The molecule has 1 nitrogen and oxygen atoms in total. The van der Waals surface area contributed by atoms with Crippen molar-refractivity contribution in [1.29, 1.82) is 0 Å². The predicted molar refractivity (Wildman–Crippen MR) is 106 cm³/mol. The molecule has 0 amide bonds. The van der Waals surface area contributed by atoms with E-state index in [2.05, 4.69) is 31.9 Å². The molecular formula is C20H13BBr2O. The van der Waals surface area contributed by atoms with Crippen LogP contribution >= 0.6 is 31.9 Å². The lowest BCUT2D eigenvalue weighted by Crippen LogP contribution is -2.28. The van der Waals surface area contributed by atoms with Gasteiger partial charge in [-0.05, 0) is 47.9 Å². The number of benzene rings is 3. The van der Waals surface area contributed by atoms with Crippen LogP contribution < -0.4 is 5.46 Å². The van der Waals surface area contributed by atoms with Gasteiger partial charge in [-0.15, -0.1) is 0 Å². The van der Waals surface area contributed by atoms with Crippen molar-refractivity contribution >= 4 is 45.2 Å². The van der Waals surface area contributed by atoms with Crippen molar-refractivity contribution in [2.75, 3.05) is 0 Å². The molecule has 2 radical (unpaired) electrons. The average molecular weight is 440 g/mol. The smallest absolute Gasteiger partial charge is 0.141 e. The summed E-state index contributed by atoms with van der Waals surface area (Å²) in [6.45, 7) is 1.99. The second-order valence-electron chi connectivity index (χ2n) is 6.22. The first-order valence-electron chi connectivity index (χ1n) is 7.60. The third-order valence-electron chi connectivity index (χ3n) is 4.55. The van der Waals surface area contributed by atoms with Crippen LogP contribution in [-0.2, 0) is 5.60 Å². The Morgan fingerprint density at radius 1 is 0.833 bits per heavy atom. The van der Waals surface area contributed by atoms with Crippen molar-refractivity contribution in [1.82, 2.24) is 0 Å². The van der Waals surface area contributed by atoms with Gasteiger partial charge in [0, 0.05) is 20.1 Å². The number of halogens is 2. The molecule has 3 aromatic rings. The number of rotatable bonds is 1. The van der Waals surface area contributed by atoms with Crippen LogP contribution in [0.1, 0.15) is 22.3 Å². The monoisotopic (exact) mass is 438 g/mol. The molecule has 0 unspecified atom stereocenters. The van der Waals surface area contributed by atoms with Crippen LogP contribution in [0.3, 0.4) is 0 Å². The van der Waals surface area contributed by atoms with Gasteiger partial charge in [-0.25, -0.2) is 0 Å². The molecule has 0 fully saturated rings. The minimum Gasteiger partial charge on any atom is -0.376 e. The molecule has 0 saturated carbocycles. The summed E-state index contributed by atoms with van der Waals surface area (Å²) in [6.07, 6.45) is 0. The molecule has 3 aromatic carbocycles. The normalized spacial score (nSPS) is 14.3. The number of fused-ring (bicyclic) bond motifs is 3. The van der Waals surface area contributed by atoms with E-state index in [9.17, 15) is 5.11 Å². The van der Waals surface area contributed by atoms with Crippen LogP contribution in [0.15, 0.2) is 63.5 Å². The maximum Gasteiger partial charge on any atom is 0.141 e. The fourth-order valence-electron chi connectivity index (χ4n) is 3.58. The van der Waals surface area contributed by atoms with Gasteiger partial charge in [0.1, 0.15) is 13.4 Å². The molecule has 0 aliphatic heterocycles. The molecule has 1 aliphatic carbocycles. The molecule has 4 heteroatoms. The number of hydrogen-bond acceptors (Lipinski definition) is 1. The lowest BCUT2D eigenvalue weighted by molar-refractivity contribution is 0.130. The van der Waals surface area contributed by atoms with Crippen molar-refractivity contribution in [2.45, 2.75) is 12.5 Å². The summed E-state index contributed by atoms with van der Waals surface area (Å²) in [7, 11) is 6.06. The van der Waals surface area contributed by atoms with Gasteiger partial charge < -0.3 is 5.11 Å². The zero-order valence-corrected chi connectivity index (χ0v) is 16.1. The number of aryl methyl sites for hydroxylation is 1. The fourth-order valence-corrected chi connectivity index (χ4v) is 4.30. The minimum atomic E-state index is -1.22. The van der Waals surface area contributed by atoms with E-state index in [0.717, 1.165) is 42.3 Å². The van der Waals surface area contributed by atoms with Gasteiger partial charge in [0.05, 0.1) is 0 Å². The minimum absolute atomic E-state index is 0.651. The molecule has 0 aromatic heterocycles. The van der Waals surface area contributed by atoms with Gasteiger partial charge in [-0.3, -0.25) is 0 Å². The highest BCUT2D eigenvalue weighted by Gasteiger charge is 2.43. The first-order valence-corrected chi connectivity index (χ1v) is 9.18. The molecule has 1 N–H and O–H groups in total. The van der Waals surface area contributed by atoms with Gasteiger partial charge in [0.15, 0.2) is 0 Å². The van der Waals surface area contributed by atoms with Crippen LogP contribution in [0.2, 0.25) is 0 Å². The average Bonchev–Trinajstić information content (AvgIpc) is 2.76. The quantitative estimate of drug-likeness (QED) is 0.550. The van der Waals surface area contributed by atoms with E-state index in [4.69, 9.17) is 7.85 Å². The third kappa shape index (κ3) is 2.32. The summed E-state index contributed by atoms with van der Waals surface area (Å²) in [5.41, 5.74) is 5.07. The molecule has 0 heterocycles. The lowest BCUT2D eigenvalue weighted by Gasteiger charge is -2.27. The van der Waals surface area contributed by atoms with Crippen LogP contribution in [0.25, 0.3) is 11.1 Å². The highest BCUT2D eigenvalue weighted by atomic mass is 79.9. The Morgan fingerprint density at radius 2 is 1.38 bits per heavy atom. The molecule has 0 spiro atoms. The van der Waals surface area contributed by atoms with Crippen LogP contribution in [0.4, 0.5) is 0 Å². The van der Waals surface area contributed by atoms with Crippen molar-refractivity contribution in [3.63, 3.8) is 0 Å². The molecule has 24 heavy (non-hydrogen) atoms. The van der Waals surface area contributed by atoms with Crippen molar-refractivity contribution < 1.29 is 5.11 Å². The maximum atomic E-state index is 11.9. The Kier molecular flexibility index (Phi) is 3.75. The van der Waals surface area contributed by atoms with E-state index in [1.54, 1.807) is 0 Å². The first kappa shape index (κ1) is 16.1. The molecule has 4 rings (SSSR count). The van der Waals surface area contributed by atoms with E-state index in [1.165, 1.54) is 0 Å². The molecular weight excluding hydrogens is 427 g/mol. The van der Waals surface area contributed by atoms with Gasteiger partial charge in [0.25, 0.3) is 0 Å². The van der Waals surface area contributed by atoms with E-state index >= 15 is 0 Å². The summed E-state index contributed by atoms with van der Waals surface area (Å²) in [5.74, 6) is 0. The summed E-state index contributed by atoms with van der Waals surface area (Å²) in [4.78, 5) is 0. The van der Waals surface area contributed by atoms with Crippen molar-refractivity contribution in [3.05, 3.63) is 85.8 Å². The molecule has 0 bridgehead atoms. The predicted octanol–water partition coefficient (Wildman–Crippen LogP) is 4.58. The summed E-state index contributed by atoms with van der Waals surface area (Å²) >= 11 is 7.06. The third-order valence-corrected chi connectivity index (χ3v) is 5.54. The highest BCUT2D eigenvalue weighted by Crippen LogP contribution is 2.52. The Morgan fingerprint density at radius 3 is 1.88 bits per heavy atom. The molecule has 0 atom stereocenters.